The van der Waals surface area contributed by atoms with Gasteiger partial charge in [-0.05, 0) is 31.3 Å². The molecule has 0 unspecified atom stereocenters. The van der Waals surface area contributed by atoms with E-state index in [1.807, 2.05) is 5.38 Å². The highest BCUT2D eigenvalue weighted by Gasteiger charge is 2.19. The molecule has 0 aliphatic carbocycles. The number of amides is 1. The maximum atomic E-state index is 13.1. The van der Waals surface area contributed by atoms with Gasteiger partial charge in [0, 0.05) is 44.2 Å². The molecule has 1 fully saturated rings. The van der Waals surface area contributed by atoms with Crippen molar-refractivity contribution in [2.24, 2.45) is 0 Å². The van der Waals surface area contributed by atoms with Crippen LogP contribution in [0.5, 0.6) is 0 Å². The number of nitrogens with zero attached hydrogens (tertiary/aromatic N) is 4. The number of hydrogen-bond acceptors (Lipinski definition) is 5. The molecule has 1 aromatic carbocycles. The lowest BCUT2D eigenvalue weighted by Gasteiger charge is -2.32. The summed E-state index contributed by atoms with van der Waals surface area (Å²) in [5.41, 5.74) is 1.53. The SMILES string of the molecule is CC(=O)N(Cc1csc(N2CCN(C)CC2)n1)c1ccc(F)cc1. The number of aromatic nitrogens is 1. The quantitative estimate of drug-likeness (QED) is 0.851. The smallest absolute Gasteiger partial charge is 0.224 e. The molecule has 0 spiro atoms. The summed E-state index contributed by atoms with van der Waals surface area (Å²) < 4.78 is 13.1. The zero-order valence-electron chi connectivity index (χ0n) is 13.9. The average molecular weight is 348 g/mol. The molecular formula is C17H21FN4OS. The second-order valence-corrected chi connectivity index (χ2v) is 6.83. The first-order valence-electron chi connectivity index (χ1n) is 7.94. The summed E-state index contributed by atoms with van der Waals surface area (Å²) in [6.45, 7) is 5.91. The lowest BCUT2D eigenvalue weighted by Crippen LogP contribution is -2.44. The van der Waals surface area contributed by atoms with Gasteiger partial charge in [-0.1, -0.05) is 0 Å². The number of halogens is 1. The molecule has 5 nitrogen and oxygen atoms in total. The first-order valence-corrected chi connectivity index (χ1v) is 8.82. The second-order valence-electron chi connectivity index (χ2n) is 5.99. The lowest BCUT2D eigenvalue weighted by molar-refractivity contribution is -0.116. The fourth-order valence-corrected chi connectivity index (χ4v) is 3.55. The summed E-state index contributed by atoms with van der Waals surface area (Å²) in [7, 11) is 2.12. The minimum atomic E-state index is -0.312. The Bertz CT molecular complexity index is 695. The molecule has 0 radical (unpaired) electrons. The minimum absolute atomic E-state index is 0.0873. The number of likely N-dealkylation sites (N-methyl/N-ethyl adjacent to an activating group) is 1. The minimum Gasteiger partial charge on any atom is -0.346 e. The maximum absolute atomic E-state index is 13.1. The van der Waals surface area contributed by atoms with Crippen molar-refractivity contribution in [3.8, 4) is 0 Å². The predicted molar refractivity (Wildman–Crippen MR) is 95.1 cm³/mol. The van der Waals surface area contributed by atoms with Gasteiger partial charge in [-0.3, -0.25) is 4.79 Å². The van der Waals surface area contributed by atoms with Crippen LogP contribution in [0.2, 0.25) is 0 Å². The number of anilines is 2. The highest BCUT2D eigenvalue weighted by molar-refractivity contribution is 7.13. The first-order chi connectivity index (χ1) is 11.5. The Hall–Kier alpha value is -1.99. The number of hydrogen-bond donors (Lipinski definition) is 0. The number of carbonyl (C=O) groups is 1. The van der Waals surface area contributed by atoms with E-state index in [4.69, 9.17) is 0 Å². The van der Waals surface area contributed by atoms with E-state index in [2.05, 4.69) is 21.8 Å². The summed E-state index contributed by atoms with van der Waals surface area (Å²) in [4.78, 5) is 22.9. The summed E-state index contributed by atoms with van der Waals surface area (Å²) in [6, 6.07) is 5.96. The molecule has 7 heteroatoms. The van der Waals surface area contributed by atoms with Crippen LogP contribution in [0.4, 0.5) is 15.2 Å². The van der Waals surface area contributed by atoms with Crippen molar-refractivity contribution < 1.29 is 9.18 Å². The molecule has 1 aromatic heterocycles. The van der Waals surface area contributed by atoms with Gasteiger partial charge in [0.1, 0.15) is 5.82 Å². The summed E-state index contributed by atoms with van der Waals surface area (Å²) in [5, 5.41) is 2.99. The summed E-state index contributed by atoms with van der Waals surface area (Å²) in [6.07, 6.45) is 0. The Balaban J connectivity index is 1.72. The molecular weight excluding hydrogens is 327 g/mol. The highest BCUT2D eigenvalue weighted by Crippen LogP contribution is 2.24. The van der Waals surface area contributed by atoms with Crippen LogP contribution in [0.3, 0.4) is 0 Å². The topological polar surface area (TPSA) is 39.7 Å². The van der Waals surface area contributed by atoms with Gasteiger partial charge in [0.25, 0.3) is 0 Å². The summed E-state index contributed by atoms with van der Waals surface area (Å²) in [5.74, 6) is -0.399. The second kappa shape index (κ2) is 7.27. The Kier molecular flexibility index (Phi) is 5.11. The third kappa shape index (κ3) is 3.91. The van der Waals surface area contributed by atoms with Gasteiger partial charge in [-0.15, -0.1) is 11.3 Å². The lowest BCUT2D eigenvalue weighted by atomic mass is 10.2. The van der Waals surface area contributed by atoms with Gasteiger partial charge in [-0.2, -0.15) is 0 Å². The fraction of sp³-hybridized carbons (Fsp3) is 0.412. The van der Waals surface area contributed by atoms with Crippen molar-refractivity contribution in [1.29, 1.82) is 0 Å². The standard InChI is InChI=1S/C17H21FN4OS/c1-13(23)22(16-5-3-14(18)4-6-16)11-15-12-24-17(19-15)21-9-7-20(2)8-10-21/h3-6,12H,7-11H2,1-2H3. The normalized spacial score (nSPS) is 15.5. The van der Waals surface area contributed by atoms with E-state index in [9.17, 15) is 9.18 Å². The van der Waals surface area contributed by atoms with Crippen LogP contribution in [-0.2, 0) is 11.3 Å². The van der Waals surface area contributed by atoms with Gasteiger partial charge in [-0.25, -0.2) is 9.37 Å². The first kappa shape index (κ1) is 16.9. The van der Waals surface area contributed by atoms with Crippen LogP contribution in [-0.4, -0.2) is 49.0 Å². The van der Waals surface area contributed by atoms with Crippen LogP contribution in [0.25, 0.3) is 0 Å². The Morgan fingerprint density at radius 2 is 1.92 bits per heavy atom. The Morgan fingerprint density at radius 1 is 1.25 bits per heavy atom. The van der Waals surface area contributed by atoms with Crippen molar-refractivity contribution in [3.63, 3.8) is 0 Å². The molecule has 0 N–H and O–H groups in total. The Morgan fingerprint density at radius 3 is 2.54 bits per heavy atom. The fourth-order valence-electron chi connectivity index (χ4n) is 2.68. The number of piperazine rings is 1. The third-order valence-corrected chi connectivity index (χ3v) is 5.10. The molecule has 2 aromatic rings. The van der Waals surface area contributed by atoms with Gasteiger partial charge in [0.15, 0.2) is 5.13 Å². The van der Waals surface area contributed by atoms with Crippen LogP contribution < -0.4 is 9.80 Å². The van der Waals surface area contributed by atoms with Crippen molar-refractivity contribution in [2.45, 2.75) is 13.5 Å². The van der Waals surface area contributed by atoms with E-state index in [1.165, 1.54) is 19.1 Å². The number of benzene rings is 1. The molecule has 3 rings (SSSR count). The Labute approximate surface area is 145 Å². The number of carbonyl (C=O) groups excluding carboxylic acids is 1. The summed E-state index contributed by atoms with van der Waals surface area (Å²) >= 11 is 1.61. The zero-order valence-corrected chi connectivity index (χ0v) is 14.7. The molecule has 0 bridgehead atoms. The van der Waals surface area contributed by atoms with Crippen molar-refractivity contribution in [2.75, 3.05) is 43.0 Å². The highest BCUT2D eigenvalue weighted by atomic mass is 32.1. The monoisotopic (exact) mass is 348 g/mol. The van der Waals surface area contributed by atoms with E-state index in [0.29, 0.717) is 12.2 Å². The molecule has 128 valence electrons. The van der Waals surface area contributed by atoms with Crippen molar-refractivity contribution in [3.05, 3.63) is 41.2 Å². The molecule has 0 saturated carbocycles. The van der Waals surface area contributed by atoms with Gasteiger partial charge >= 0.3 is 0 Å². The van der Waals surface area contributed by atoms with E-state index in [-0.39, 0.29) is 11.7 Å². The molecule has 1 aliphatic heterocycles. The number of rotatable bonds is 4. The van der Waals surface area contributed by atoms with Crippen LogP contribution in [0.1, 0.15) is 12.6 Å². The van der Waals surface area contributed by atoms with Gasteiger partial charge in [0.05, 0.1) is 12.2 Å². The molecule has 1 amide bonds. The zero-order chi connectivity index (χ0) is 17.1. The maximum Gasteiger partial charge on any atom is 0.224 e. The average Bonchev–Trinajstić information content (AvgIpc) is 3.03. The van der Waals surface area contributed by atoms with Gasteiger partial charge in [0.2, 0.25) is 5.91 Å². The van der Waals surface area contributed by atoms with Gasteiger partial charge < -0.3 is 14.7 Å². The van der Waals surface area contributed by atoms with Crippen LogP contribution in [0.15, 0.2) is 29.6 Å². The predicted octanol–water partition coefficient (Wildman–Crippen LogP) is 2.59. The number of thiazole rings is 1. The van der Waals surface area contributed by atoms with E-state index in [0.717, 1.165) is 37.0 Å². The van der Waals surface area contributed by atoms with Crippen molar-refractivity contribution >= 4 is 28.1 Å². The molecule has 1 saturated heterocycles. The van der Waals surface area contributed by atoms with Crippen LogP contribution in [0, 0.1) is 5.82 Å². The molecule has 0 atom stereocenters. The third-order valence-electron chi connectivity index (χ3n) is 4.15. The largest absolute Gasteiger partial charge is 0.346 e. The molecule has 2 heterocycles. The van der Waals surface area contributed by atoms with Crippen molar-refractivity contribution in [1.82, 2.24) is 9.88 Å². The molecule has 1 aliphatic rings. The molecule has 24 heavy (non-hydrogen) atoms. The van der Waals surface area contributed by atoms with E-state index >= 15 is 0 Å². The van der Waals surface area contributed by atoms with Crippen LogP contribution >= 0.6 is 11.3 Å². The van der Waals surface area contributed by atoms with E-state index in [1.54, 1.807) is 28.4 Å². The van der Waals surface area contributed by atoms with E-state index < -0.39 is 0 Å².